The number of aromatic nitrogens is 2. The normalized spacial score (nSPS) is 10.1. The van der Waals surface area contributed by atoms with Crippen molar-refractivity contribution in [1.29, 1.82) is 0 Å². The maximum absolute atomic E-state index is 12.0. The van der Waals surface area contributed by atoms with E-state index >= 15 is 0 Å². The summed E-state index contributed by atoms with van der Waals surface area (Å²) in [5.41, 5.74) is 1.46. The summed E-state index contributed by atoms with van der Waals surface area (Å²) in [7, 11) is 0. The molecule has 6 nitrogen and oxygen atoms in total. The van der Waals surface area contributed by atoms with E-state index in [9.17, 15) is 4.79 Å². The molecule has 1 heterocycles. The average molecular weight is 355 g/mol. The van der Waals surface area contributed by atoms with Gasteiger partial charge in [0.2, 0.25) is 11.8 Å². The van der Waals surface area contributed by atoms with Gasteiger partial charge in [-0.25, -0.2) is 9.97 Å². The third-order valence-electron chi connectivity index (χ3n) is 3.19. The molecule has 2 N–H and O–H groups in total. The van der Waals surface area contributed by atoms with Crippen molar-refractivity contribution in [1.82, 2.24) is 9.97 Å². The molecule has 0 saturated carbocycles. The van der Waals surface area contributed by atoms with Crippen molar-refractivity contribution < 1.29 is 9.53 Å². The first-order valence-corrected chi connectivity index (χ1v) is 7.90. The fraction of sp³-hybridized carbons (Fsp3) is 0.0556. The van der Waals surface area contributed by atoms with Crippen molar-refractivity contribution in [3.63, 3.8) is 0 Å². The lowest BCUT2D eigenvalue weighted by Crippen LogP contribution is -2.21. The van der Waals surface area contributed by atoms with Gasteiger partial charge in [0.15, 0.2) is 0 Å². The largest absolute Gasteiger partial charge is 0.439 e. The molecule has 2 aromatic carbocycles. The van der Waals surface area contributed by atoms with Crippen LogP contribution in [-0.2, 0) is 4.79 Å². The maximum Gasteiger partial charge on any atom is 0.243 e. The molecule has 25 heavy (non-hydrogen) atoms. The van der Waals surface area contributed by atoms with E-state index in [1.54, 1.807) is 48.7 Å². The van der Waals surface area contributed by atoms with Crippen LogP contribution in [0.1, 0.15) is 0 Å². The molecule has 7 heteroatoms. The first-order chi connectivity index (χ1) is 12.2. The Morgan fingerprint density at radius 1 is 1.08 bits per heavy atom. The summed E-state index contributed by atoms with van der Waals surface area (Å²) in [4.78, 5) is 19.8. The third-order valence-corrected chi connectivity index (χ3v) is 3.43. The van der Waals surface area contributed by atoms with Gasteiger partial charge in [-0.1, -0.05) is 17.7 Å². The van der Waals surface area contributed by atoms with Crippen LogP contribution < -0.4 is 15.4 Å². The molecule has 3 rings (SSSR count). The zero-order chi connectivity index (χ0) is 17.5. The molecule has 0 spiro atoms. The highest BCUT2D eigenvalue weighted by Crippen LogP contribution is 2.21. The predicted octanol–water partition coefficient (Wildman–Crippen LogP) is 3.97. The SMILES string of the molecule is O=C(CNc1cccc(Cl)c1)Nc1ccc(Oc2ccncn2)cc1. The number of hydrogen-bond acceptors (Lipinski definition) is 5. The second kappa shape index (κ2) is 8.12. The van der Waals surface area contributed by atoms with Crippen LogP contribution in [0.15, 0.2) is 67.1 Å². The molecule has 1 amide bonds. The Balaban J connectivity index is 1.51. The number of carbonyl (C=O) groups is 1. The maximum atomic E-state index is 12.0. The van der Waals surface area contributed by atoms with Gasteiger partial charge in [0.25, 0.3) is 0 Å². The molecule has 0 radical (unpaired) electrons. The first kappa shape index (κ1) is 16.7. The minimum absolute atomic E-state index is 0.138. The quantitative estimate of drug-likeness (QED) is 0.700. The number of nitrogens with zero attached hydrogens (tertiary/aromatic N) is 2. The Morgan fingerprint density at radius 2 is 1.92 bits per heavy atom. The van der Waals surface area contributed by atoms with E-state index in [1.807, 2.05) is 12.1 Å². The minimum atomic E-state index is -0.163. The summed E-state index contributed by atoms with van der Waals surface area (Å²) >= 11 is 5.90. The Kier molecular flexibility index (Phi) is 5.43. The summed E-state index contributed by atoms with van der Waals surface area (Å²) in [6.45, 7) is 0.138. The van der Waals surface area contributed by atoms with Crippen LogP contribution in [0, 0.1) is 0 Å². The van der Waals surface area contributed by atoms with Crippen LogP contribution in [0.25, 0.3) is 0 Å². The molecule has 0 aliphatic rings. The fourth-order valence-electron chi connectivity index (χ4n) is 2.05. The van der Waals surface area contributed by atoms with E-state index in [-0.39, 0.29) is 12.5 Å². The van der Waals surface area contributed by atoms with Crippen LogP contribution in [0.5, 0.6) is 11.6 Å². The third kappa shape index (κ3) is 5.19. The number of rotatable bonds is 6. The first-order valence-electron chi connectivity index (χ1n) is 7.52. The van der Waals surface area contributed by atoms with E-state index in [0.717, 1.165) is 5.69 Å². The summed E-state index contributed by atoms with van der Waals surface area (Å²) in [6.07, 6.45) is 3.01. The number of anilines is 2. The minimum Gasteiger partial charge on any atom is -0.439 e. The Labute approximate surface area is 149 Å². The average Bonchev–Trinajstić information content (AvgIpc) is 2.63. The van der Waals surface area contributed by atoms with Crippen molar-refractivity contribution in [2.75, 3.05) is 17.2 Å². The van der Waals surface area contributed by atoms with Gasteiger partial charge < -0.3 is 15.4 Å². The highest BCUT2D eigenvalue weighted by atomic mass is 35.5. The van der Waals surface area contributed by atoms with E-state index in [4.69, 9.17) is 16.3 Å². The second-order valence-electron chi connectivity index (χ2n) is 5.09. The smallest absolute Gasteiger partial charge is 0.243 e. The Bertz CT molecular complexity index is 841. The van der Waals surface area contributed by atoms with Gasteiger partial charge in [-0.15, -0.1) is 0 Å². The van der Waals surface area contributed by atoms with Crippen LogP contribution in [0.4, 0.5) is 11.4 Å². The van der Waals surface area contributed by atoms with E-state index in [2.05, 4.69) is 20.6 Å². The summed E-state index contributed by atoms with van der Waals surface area (Å²) in [6, 6.07) is 15.9. The lowest BCUT2D eigenvalue weighted by molar-refractivity contribution is -0.114. The number of amides is 1. The van der Waals surface area contributed by atoms with Crippen molar-refractivity contribution in [2.24, 2.45) is 0 Å². The van der Waals surface area contributed by atoms with Crippen LogP contribution >= 0.6 is 11.6 Å². The monoisotopic (exact) mass is 354 g/mol. The molecule has 3 aromatic rings. The summed E-state index contributed by atoms with van der Waals surface area (Å²) in [5.74, 6) is 0.913. The second-order valence-corrected chi connectivity index (χ2v) is 5.52. The number of halogens is 1. The highest BCUT2D eigenvalue weighted by Gasteiger charge is 2.04. The van der Waals surface area contributed by atoms with Crippen LogP contribution in [-0.4, -0.2) is 22.4 Å². The van der Waals surface area contributed by atoms with Crippen molar-refractivity contribution in [3.8, 4) is 11.6 Å². The zero-order valence-electron chi connectivity index (χ0n) is 13.1. The molecule has 1 aromatic heterocycles. The van der Waals surface area contributed by atoms with Gasteiger partial charge >= 0.3 is 0 Å². The molecule has 0 fully saturated rings. The van der Waals surface area contributed by atoms with Gasteiger partial charge in [0, 0.05) is 28.7 Å². The number of benzene rings is 2. The lowest BCUT2D eigenvalue weighted by atomic mass is 10.3. The molecule has 126 valence electrons. The number of hydrogen-bond donors (Lipinski definition) is 2. The number of ether oxygens (including phenoxy) is 1. The van der Waals surface area contributed by atoms with Crippen molar-refractivity contribution in [2.45, 2.75) is 0 Å². The number of carbonyl (C=O) groups excluding carboxylic acids is 1. The predicted molar refractivity (Wildman–Crippen MR) is 97.1 cm³/mol. The zero-order valence-corrected chi connectivity index (χ0v) is 13.9. The fourth-order valence-corrected chi connectivity index (χ4v) is 2.24. The molecule has 0 bridgehead atoms. The molecular weight excluding hydrogens is 340 g/mol. The Hall–Kier alpha value is -3.12. The van der Waals surface area contributed by atoms with Gasteiger partial charge in [-0.05, 0) is 42.5 Å². The molecule has 0 saturated heterocycles. The van der Waals surface area contributed by atoms with Crippen molar-refractivity contribution >= 4 is 28.9 Å². The molecule has 0 atom stereocenters. The topological polar surface area (TPSA) is 76.1 Å². The lowest BCUT2D eigenvalue weighted by Gasteiger charge is -2.09. The van der Waals surface area contributed by atoms with Crippen LogP contribution in [0.3, 0.4) is 0 Å². The molecule has 0 aliphatic heterocycles. The molecule has 0 aliphatic carbocycles. The van der Waals surface area contributed by atoms with E-state index < -0.39 is 0 Å². The van der Waals surface area contributed by atoms with Gasteiger partial charge in [-0.2, -0.15) is 0 Å². The summed E-state index contributed by atoms with van der Waals surface area (Å²) in [5, 5.41) is 6.43. The highest BCUT2D eigenvalue weighted by molar-refractivity contribution is 6.30. The number of nitrogens with one attached hydrogen (secondary N) is 2. The molecule has 0 unspecified atom stereocenters. The van der Waals surface area contributed by atoms with Gasteiger partial charge in [0.1, 0.15) is 12.1 Å². The standard InChI is InChI=1S/C18H15ClN4O2/c19-13-2-1-3-15(10-13)21-11-17(24)23-14-4-6-16(7-5-14)25-18-8-9-20-12-22-18/h1-10,12,21H,11H2,(H,23,24). The van der Waals surface area contributed by atoms with Gasteiger partial charge in [-0.3, -0.25) is 4.79 Å². The van der Waals surface area contributed by atoms with E-state index in [1.165, 1.54) is 6.33 Å². The van der Waals surface area contributed by atoms with Crippen LogP contribution in [0.2, 0.25) is 5.02 Å². The molecular formula is C18H15ClN4O2. The van der Waals surface area contributed by atoms with E-state index in [0.29, 0.717) is 22.3 Å². The van der Waals surface area contributed by atoms with Crippen molar-refractivity contribution in [3.05, 3.63) is 72.1 Å². The van der Waals surface area contributed by atoms with Gasteiger partial charge in [0.05, 0.1) is 6.54 Å². The Morgan fingerprint density at radius 3 is 2.64 bits per heavy atom. The summed E-state index contributed by atoms with van der Waals surface area (Å²) < 4.78 is 5.57.